The second-order valence-corrected chi connectivity index (χ2v) is 5.60. The van der Waals surface area contributed by atoms with Crippen molar-refractivity contribution < 1.29 is 9.59 Å². The zero-order chi connectivity index (χ0) is 14.0. The quantitative estimate of drug-likeness (QED) is 0.698. The van der Waals surface area contributed by atoms with Gasteiger partial charge in [-0.3, -0.25) is 9.59 Å². The molecule has 0 spiro atoms. The molecule has 0 bridgehead atoms. The van der Waals surface area contributed by atoms with E-state index < -0.39 is 11.8 Å². The fraction of sp³-hybridized carbons (Fsp3) is 0.786. The maximum atomic E-state index is 12.2. The number of amides is 2. The summed E-state index contributed by atoms with van der Waals surface area (Å²) >= 11 is 0. The van der Waals surface area contributed by atoms with Crippen LogP contribution in [0.5, 0.6) is 0 Å². The van der Waals surface area contributed by atoms with E-state index in [0.29, 0.717) is 25.6 Å². The van der Waals surface area contributed by atoms with Gasteiger partial charge >= 0.3 is 11.8 Å². The second kappa shape index (κ2) is 5.60. The average molecular weight is 263 g/mol. The summed E-state index contributed by atoms with van der Waals surface area (Å²) in [6.07, 6.45) is 2.70. The first-order chi connectivity index (χ1) is 9.08. The van der Waals surface area contributed by atoms with E-state index in [4.69, 9.17) is 0 Å². The summed E-state index contributed by atoms with van der Waals surface area (Å²) in [4.78, 5) is 27.4. The minimum Gasteiger partial charge on any atom is -0.333 e. The SMILES string of the molecule is CCN1CCN(C2CC(C)CCC2C#N)C(=O)C1=O. The van der Waals surface area contributed by atoms with Gasteiger partial charge in [-0.05, 0) is 32.1 Å². The van der Waals surface area contributed by atoms with E-state index >= 15 is 0 Å². The molecule has 104 valence electrons. The van der Waals surface area contributed by atoms with Crippen molar-refractivity contribution >= 4 is 11.8 Å². The Hall–Kier alpha value is -1.57. The third kappa shape index (κ3) is 2.58. The number of nitrogens with zero attached hydrogens (tertiary/aromatic N) is 3. The van der Waals surface area contributed by atoms with Gasteiger partial charge in [0.15, 0.2) is 0 Å². The van der Waals surface area contributed by atoms with Gasteiger partial charge in [-0.1, -0.05) is 6.92 Å². The third-order valence-electron chi connectivity index (χ3n) is 4.37. The van der Waals surface area contributed by atoms with Crippen molar-refractivity contribution in [1.29, 1.82) is 5.26 Å². The number of piperazine rings is 1. The molecule has 0 N–H and O–H groups in total. The topological polar surface area (TPSA) is 64.4 Å². The minimum atomic E-state index is -0.424. The molecule has 0 radical (unpaired) electrons. The molecule has 1 aliphatic heterocycles. The molecule has 1 aliphatic carbocycles. The van der Waals surface area contributed by atoms with Crippen LogP contribution in [0.25, 0.3) is 0 Å². The van der Waals surface area contributed by atoms with Gasteiger partial charge in [0.05, 0.1) is 12.0 Å². The van der Waals surface area contributed by atoms with Crippen molar-refractivity contribution in [1.82, 2.24) is 9.80 Å². The monoisotopic (exact) mass is 263 g/mol. The van der Waals surface area contributed by atoms with Gasteiger partial charge in [-0.15, -0.1) is 0 Å². The molecule has 1 saturated carbocycles. The summed E-state index contributed by atoms with van der Waals surface area (Å²) in [6, 6.07) is 2.23. The Kier molecular flexibility index (Phi) is 4.08. The minimum absolute atomic E-state index is 0.0794. The van der Waals surface area contributed by atoms with E-state index in [9.17, 15) is 14.9 Å². The molecule has 0 aromatic heterocycles. The number of rotatable bonds is 2. The van der Waals surface area contributed by atoms with Gasteiger partial charge in [0.2, 0.25) is 0 Å². The lowest BCUT2D eigenvalue weighted by molar-refractivity contribution is -0.158. The number of likely N-dealkylation sites (N-methyl/N-ethyl adjacent to an activating group) is 1. The van der Waals surface area contributed by atoms with E-state index in [1.54, 1.807) is 9.80 Å². The summed E-state index contributed by atoms with van der Waals surface area (Å²) in [6.45, 7) is 5.75. The van der Waals surface area contributed by atoms with Crippen LogP contribution in [-0.2, 0) is 9.59 Å². The Morgan fingerprint density at radius 1 is 1.26 bits per heavy atom. The van der Waals surface area contributed by atoms with Gasteiger partial charge < -0.3 is 9.80 Å². The molecule has 1 heterocycles. The Labute approximate surface area is 114 Å². The highest BCUT2D eigenvalue weighted by Crippen LogP contribution is 2.32. The molecule has 3 atom stereocenters. The fourth-order valence-electron chi connectivity index (χ4n) is 3.15. The van der Waals surface area contributed by atoms with Crippen LogP contribution in [0.3, 0.4) is 0 Å². The summed E-state index contributed by atoms with van der Waals surface area (Å²) < 4.78 is 0. The normalized spacial score (nSPS) is 32.4. The van der Waals surface area contributed by atoms with E-state index in [1.165, 1.54) is 0 Å². The number of nitriles is 1. The standard InChI is InChI=1S/C14H21N3O2/c1-3-16-6-7-17(14(19)13(16)18)12-8-10(2)4-5-11(12)9-15/h10-12H,3-8H2,1-2H3. The highest BCUT2D eigenvalue weighted by atomic mass is 16.2. The first kappa shape index (κ1) is 13.9. The molecule has 5 nitrogen and oxygen atoms in total. The molecule has 2 fully saturated rings. The van der Waals surface area contributed by atoms with Crippen molar-refractivity contribution in [3.8, 4) is 6.07 Å². The van der Waals surface area contributed by atoms with Crippen molar-refractivity contribution in [2.75, 3.05) is 19.6 Å². The summed E-state index contributed by atoms with van der Waals surface area (Å²) in [5, 5.41) is 9.25. The summed E-state index contributed by atoms with van der Waals surface area (Å²) in [5.41, 5.74) is 0. The van der Waals surface area contributed by atoms with Gasteiger partial charge in [-0.25, -0.2) is 0 Å². The van der Waals surface area contributed by atoms with Crippen molar-refractivity contribution in [3.63, 3.8) is 0 Å². The van der Waals surface area contributed by atoms with E-state index in [1.807, 2.05) is 6.92 Å². The van der Waals surface area contributed by atoms with Crippen LogP contribution in [0.4, 0.5) is 0 Å². The first-order valence-corrected chi connectivity index (χ1v) is 7.08. The number of carbonyl (C=O) groups excluding carboxylic acids is 2. The molecule has 19 heavy (non-hydrogen) atoms. The molecule has 2 amide bonds. The highest BCUT2D eigenvalue weighted by Gasteiger charge is 2.40. The number of carbonyl (C=O) groups is 2. The van der Waals surface area contributed by atoms with Crippen LogP contribution >= 0.6 is 0 Å². The van der Waals surface area contributed by atoms with Crippen LogP contribution in [0, 0.1) is 23.2 Å². The smallest absolute Gasteiger partial charge is 0.312 e. The van der Waals surface area contributed by atoms with Crippen LogP contribution in [0.15, 0.2) is 0 Å². The third-order valence-corrected chi connectivity index (χ3v) is 4.37. The zero-order valence-corrected chi connectivity index (χ0v) is 11.6. The Morgan fingerprint density at radius 3 is 2.63 bits per heavy atom. The molecule has 2 rings (SSSR count). The number of hydrogen-bond donors (Lipinski definition) is 0. The molecule has 3 unspecified atom stereocenters. The van der Waals surface area contributed by atoms with Crippen LogP contribution in [0.1, 0.15) is 33.1 Å². The predicted molar refractivity (Wildman–Crippen MR) is 69.9 cm³/mol. The van der Waals surface area contributed by atoms with Crippen molar-refractivity contribution in [2.24, 2.45) is 11.8 Å². The molecule has 5 heteroatoms. The lowest BCUT2D eigenvalue weighted by atomic mass is 9.78. The lowest BCUT2D eigenvalue weighted by Crippen LogP contribution is -2.59. The summed E-state index contributed by atoms with van der Waals surface area (Å²) in [5.74, 6) is -0.445. The maximum Gasteiger partial charge on any atom is 0.312 e. The molecule has 0 aromatic carbocycles. The van der Waals surface area contributed by atoms with E-state index in [-0.39, 0.29) is 12.0 Å². The van der Waals surface area contributed by atoms with Gasteiger partial charge in [-0.2, -0.15) is 5.26 Å². The molecule has 1 saturated heterocycles. The zero-order valence-electron chi connectivity index (χ0n) is 11.6. The van der Waals surface area contributed by atoms with Crippen LogP contribution in [-0.4, -0.2) is 47.3 Å². The Morgan fingerprint density at radius 2 is 2.00 bits per heavy atom. The van der Waals surface area contributed by atoms with Crippen LogP contribution in [0.2, 0.25) is 0 Å². The van der Waals surface area contributed by atoms with E-state index in [2.05, 4.69) is 13.0 Å². The lowest BCUT2D eigenvalue weighted by Gasteiger charge is -2.42. The summed E-state index contributed by atoms with van der Waals surface area (Å²) in [7, 11) is 0. The fourth-order valence-corrected chi connectivity index (χ4v) is 3.15. The Bertz CT molecular complexity index is 415. The van der Waals surface area contributed by atoms with Gasteiger partial charge in [0.25, 0.3) is 0 Å². The van der Waals surface area contributed by atoms with Crippen molar-refractivity contribution in [2.45, 2.75) is 39.2 Å². The molecular formula is C14H21N3O2. The van der Waals surface area contributed by atoms with E-state index in [0.717, 1.165) is 19.3 Å². The average Bonchev–Trinajstić information content (AvgIpc) is 2.42. The maximum absolute atomic E-state index is 12.2. The highest BCUT2D eigenvalue weighted by molar-refractivity contribution is 6.35. The number of hydrogen-bond acceptors (Lipinski definition) is 3. The molecule has 0 aromatic rings. The first-order valence-electron chi connectivity index (χ1n) is 7.08. The van der Waals surface area contributed by atoms with Crippen molar-refractivity contribution in [3.05, 3.63) is 0 Å². The predicted octanol–water partition coefficient (Wildman–Crippen LogP) is 1.01. The van der Waals surface area contributed by atoms with Crippen LogP contribution < -0.4 is 0 Å². The Balaban J connectivity index is 2.14. The van der Waals surface area contributed by atoms with Gasteiger partial charge in [0, 0.05) is 25.7 Å². The van der Waals surface area contributed by atoms with Gasteiger partial charge in [0.1, 0.15) is 0 Å². The molecule has 2 aliphatic rings. The largest absolute Gasteiger partial charge is 0.333 e. The second-order valence-electron chi connectivity index (χ2n) is 5.60. The molecular weight excluding hydrogens is 242 g/mol.